The molecule has 2 aromatic rings. The normalized spacial score (nSPS) is 12.1. The van der Waals surface area contributed by atoms with Crippen LogP contribution in [0.4, 0.5) is 0 Å². The number of hydrogen-bond donors (Lipinski definition) is 2. The SMILES string of the molecule is C[C@H](NC(=O)CSc1ncn[nH]1)c1cccc(Cl)c1. The molecule has 1 aromatic carbocycles. The number of halogens is 1. The number of benzene rings is 1. The zero-order chi connectivity index (χ0) is 13.7. The second-order valence-electron chi connectivity index (χ2n) is 3.92. The van der Waals surface area contributed by atoms with Gasteiger partial charge in [0.25, 0.3) is 0 Å². The van der Waals surface area contributed by atoms with Crippen molar-refractivity contribution < 1.29 is 4.79 Å². The van der Waals surface area contributed by atoms with Gasteiger partial charge < -0.3 is 5.32 Å². The summed E-state index contributed by atoms with van der Waals surface area (Å²) in [6.45, 7) is 1.92. The molecule has 1 aromatic heterocycles. The van der Waals surface area contributed by atoms with Gasteiger partial charge in [0.05, 0.1) is 11.8 Å². The van der Waals surface area contributed by atoms with Crippen molar-refractivity contribution in [2.45, 2.75) is 18.1 Å². The lowest BCUT2D eigenvalue weighted by Crippen LogP contribution is -2.28. The van der Waals surface area contributed by atoms with Crippen molar-refractivity contribution >= 4 is 29.3 Å². The number of amides is 1. The molecule has 100 valence electrons. The van der Waals surface area contributed by atoms with Crippen LogP contribution in [0, 0.1) is 0 Å². The monoisotopic (exact) mass is 296 g/mol. The molecular formula is C12H13ClN4OS. The minimum atomic E-state index is -0.0819. The highest BCUT2D eigenvalue weighted by Gasteiger charge is 2.10. The van der Waals surface area contributed by atoms with Crippen molar-refractivity contribution in [2.24, 2.45) is 0 Å². The van der Waals surface area contributed by atoms with E-state index < -0.39 is 0 Å². The Kier molecular flexibility index (Phi) is 4.81. The molecule has 0 saturated carbocycles. The molecule has 7 heteroatoms. The maximum atomic E-state index is 11.8. The smallest absolute Gasteiger partial charge is 0.230 e. The van der Waals surface area contributed by atoms with E-state index in [0.717, 1.165) is 5.56 Å². The van der Waals surface area contributed by atoms with Crippen LogP contribution in [-0.4, -0.2) is 26.8 Å². The van der Waals surface area contributed by atoms with Gasteiger partial charge in [-0.05, 0) is 24.6 Å². The Balaban J connectivity index is 1.84. The van der Waals surface area contributed by atoms with Crippen molar-refractivity contribution in [1.29, 1.82) is 0 Å². The molecule has 2 rings (SSSR count). The van der Waals surface area contributed by atoms with Gasteiger partial charge >= 0.3 is 0 Å². The fraction of sp³-hybridized carbons (Fsp3) is 0.250. The molecule has 0 saturated heterocycles. The number of hydrogen-bond acceptors (Lipinski definition) is 4. The number of H-pyrrole nitrogens is 1. The molecule has 1 amide bonds. The summed E-state index contributed by atoms with van der Waals surface area (Å²) in [6, 6.07) is 7.36. The van der Waals surface area contributed by atoms with Crippen molar-refractivity contribution in [3.63, 3.8) is 0 Å². The first kappa shape index (κ1) is 13.9. The number of aromatic amines is 1. The number of carbonyl (C=O) groups is 1. The number of rotatable bonds is 5. The minimum absolute atomic E-state index is 0.0612. The summed E-state index contributed by atoms with van der Waals surface area (Å²) < 4.78 is 0. The van der Waals surface area contributed by atoms with Gasteiger partial charge in [-0.2, -0.15) is 5.10 Å². The van der Waals surface area contributed by atoms with Crippen molar-refractivity contribution in [2.75, 3.05) is 5.75 Å². The molecule has 0 radical (unpaired) electrons. The quantitative estimate of drug-likeness (QED) is 0.831. The van der Waals surface area contributed by atoms with Gasteiger partial charge in [-0.25, -0.2) is 4.98 Å². The Labute approximate surface area is 120 Å². The number of thioether (sulfide) groups is 1. The van der Waals surface area contributed by atoms with E-state index in [0.29, 0.717) is 15.9 Å². The summed E-state index contributed by atoms with van der Waals surface area (Å²) in [5.74, 6) is 0.231. The molecule has 0 bridgehead atoms. The molecule has 0 aliphatic carbocycles. The molecule has 0 spiro atoms. The van der Waals surface area contributed by atoms with Crippen LogP contribution in [0.2, 0.25) is 5.02 Å². The van der Waals surface area contributed by atoms with Crippen LogP contribution in [0.5, 0.6) is 0 Å². The van der Waals surface area contributed by atoms with Gasteiger partial charge in [0.1, 0.15) is 6.33 Å². The minimum Gasteiger partial charge on any atom is -0.349 e. The van der Waals surface area contributed by atoms with E-state index in [4.69, 9.17) is 11.6 Å². The largest absolute Gasteiger partial charge is 0.349 e. The topological polar surface area (TPSA) is 70.7 Å². The number of carbonyl (C=O) groups excluding carboxylic acids is 1. The van der Waals surface area contributed by atoms with E-state index >= 15 is 0 Å². The summed E-state index contributed by atoms with van der Waals surface area (Å²) in [5, 5.41) is 10.6. The number of nitrogens with zero attached hydrogens (tertiary/aromatic N) is 2. The highest BCUT2D eigenvalue weighted by Crippen LogP contribution is 2.18. The fourth-order valence-electron chi connectivity index (χ4n) is 1.54. The molecule has 5 nitrogen and oxygen atoms in total. The average molecular weight is 297 g/mol. The summed E-state index contributed by atoms with van der Waals surface area (Å²) in [5.41, 5.74) is 0.977. The van der Waals surface area contributed by atoms with E-state index in [1.807, 2.05) is 25.1 Å². The second-order valence-corrected chi connectivity index (χ2v) is 5.32. The van der Waals surface area contributed by atoms with Gasteiger partial charge in [-0.15, -0.1) is 0 Å². The molecule has 2 N–H and O–H groups in total. The molecule has 0 aliphatic rings. The summed E-state index contributed by atoms with van der Waals surface area (Å²) in [4.78, 5) is 15.7. The van der Waals surface area contributed by atoms with Gasteiger partial charge in [0.15, 0.2) is 5.16 Å². The van der Waals surface area contributed by atoms with E-state index in [1.54, 1.807) is 6.07 Å². The van der Waals surface area contributed by atoms with Crippen molar-refractivity contribution in [3.8, 4) is 0 Å². The van der Waals surface area contributed by atoms with Crippen molar-refractivity contribution in [3.05, 3.63) is 41.2 Å². The Morgan fingerprint density at radius 1 is 1.58 bits per heavy atom. The second kappa shape index (κ2) is 6.58. The molecule has 0 unspecified atom stereocenters. The number of nitrogens with one attached hydrogen (secondary N) is 2. The van der Waals surface area contributed by atoms with E-state index in [9.17, 15) is 4.79 Å². The van der Waals surface area contributed by atoms with Crippen LogP contribution >= 0.6 is 23.4 Å². The van der Waals surface area contributed by atoms with E-state index in [1.165, 1.54) is 18.1 Å². The van der Waals surface area contributed by atoms with Gasteiger partial charge in [0, 0.05) is 5.02 Å². The predicted molar refractivity (Wildman–Crippen MR) is 75.1 cm³/mol. The average Bonchev–Trinajstić information content (AvgIpc) is 2.89. The predicted octanol–water partition coefficient (Wildman–Crippen LogP) is 2.43. The summed E-state index contributed by atoms with van der Waals surface area (Å²) in [7, 11) is 0. The van der Waals surface area contributed by atoms with Crippen molar-refractivity contribution in [1.82, 2.24) is 20.5 Å². The van der Waals surface area contributed by atoms with E-state index in [-0.39, 0.29) is 11.9 Å². The summed E-state index contributed by atoms with van der Waals surface area (Å²) >= 11 is 7.23. The zero-order valence-electron chi connectivity index (χ0n) is 10.3. The first-order valence-corrected chi connectivity index (χ1v) is 7.04. The lowest BCUT2D eigenvalue weighted by atomic mass is 10.1. The third-order valence-corrected chi connectivity index (χ3v) is 3.57. The third-order valence-electron chi connectivity index (χ3n) is 2.46. The van der Waals surface area contributed by atoms with Crippen LogP contribution in [-0.2, 0) is 4.79 Å². The molecule has 0 fully saturated rings. The van der Waals surface area contributed by atoms with Gasteiger partial charge in [-0.1, -0.05) is 35.5 Å². The Hall–Kier alpha value is -1.53. The van der Waals surface area contributed by atoms with Crippen LogP contribution in [0.3, 0.4) is 0 Å². The lowest BCUT2D eigenvalue weighted by molar-refractivity contribution is -0.119. The fourth-order valence-corrected chi connectivity index (χ4v) is 2.33. The third kappa shape index (κ3) is 4.25. The number of aromatic nitrogens is 3. The van der Waals surface area contributed by atoms with Crippen LogP contribution in [0.15, 0.2) is 35.7 Å². The Bertz CT molecular complexity index is 546. The molecule has 0 aliphatic heterocycles. The maximum absolute atomic E-state index is 11.8. The van der Waals surface area contributed by atoms with Gasteiger partial charge in [0.2, 0.25) is 5.91 Å². The highest BCUT2D eigenvalue weighted by atomic mass is 35.5. The highest BCUT2D eigenvalue weighted by molar-refractivity contribution is 7.99. The Morgan fingerprint density at radius 2 is 2.42 bits per heavy atom. The standard InChI is InChI=1S/C12H13ClN4OS/c1-8(9-3-2-4-10(13)5-9)16-11(18)6-19-12-14-7-15-17-12/h2-5,7-8H,6H2,1H3,(H,16,18)(H,14,15,17)/t8-/m0/s1. The van der Waals surface area contributed by atoms with Crippen LogP contribution in [0.25, 0.3) is 0 Å². The van der Waals surface area contributed by atoms with E-state index in [2.05, 4.69) is 20.5 Å². The molecule has 1 atom stereocenters. The lowest BCUT2D eigenvalue weighted by Gasteiger charge is -2.14. The van der Waals surface area contributed by atoms with Crippen LogP contribution < -0.4 is 5.32 Å². The first-order chi connectivity index (χ1) is 9.15. The van der Waals surface area contributed by atoms with Crippen LogP contribution in [0.1, 0.15) is 18.5 Å². The molecular weight excluding hydrogens is 284 g/mol. The summed E-state index contributed by atoms with van der Waals surface area (Å²) in [6.07, 6.45) is 1.41. The maximum Gasteiger partial charge on any atom is 0.230 e. The molecule has 19 heavy (non-hydrogen) atoms. The van der Waals surface area contributed by atoms with Gasteiger partial charge in [-0.3, -0.25) is 9.89 Å². The first-order valence-electron chi connectivity index (χ1n) is 5.68. The molecule has 1 heterocycles. The Morgan fingerprint density at radius 3 is 3.11 bits per heavy atom. The zero-order valence-corrected chi connectivity index (χ0v) is 11.8.